The molecule has 0 aromatic heterocycles. The average Bonchev–Trinajstić information content (AvgIpc) is 2.07. The third kappa shape index (κ3) is 8.97. The predicted octanol–water partition coefficient (Wildman–Crippen LogP) is 1.80. The van der Waals surface area contributed by atoms with Crippen molar-refractivity contribution in [2.24, 2.45) is 0 Å². The van der Waals surface area contributed by atoms with Crippen molar-refractivity contribution in [1.29, 1.82) is 0 Å². The van der Waals surface area contributed by atoms with E-state index < -0.39 is 16.0 Å². The van der Waals surface area contributed by atoms with Crippen molar-refractivity contribution in [3.05, 3.63) is 0 Å². The summed E-state index contributed by atoms with van der Waals surface area (Å²) in [6.45, 7) is 9.59. The molecular formula is C11H21BrN2O3. The molecule has 6 heteroatoms. The van der Waals surface area contributed by atoms with Crippen molar-refractivity contribution in [1.82, 2.24) is 10.6 Å². The van der Waals surface area contributed by atoms with E-state index in [2.05, 4.69) is 26.6 Å². The van der Waals surface area contributed by atoms with Crippen LogP contribution in [0.4, 0.5) is 4.79 Å². The Morgan fingerprint density at radius 1 is 1.06 bits per heavy atom. The first kappa shape index (κ1) is 16.2. The van der Waals surface area contributed by atoms with Crippen molar-refractivity contribution in [2.45, 2.75) is 44.5 Å². The van der Waals surface area contributed by atoms with Crippen LogP contribution in [0.2, 0.25) is 0 Å². The molecule has 17 heavy (non-hydrogen) atoms. The first-order valence-electron chi connectivity index (χ1n) is 5.46. The molecule has 0 aliphatic heterocycles. The maximum absolute atomic E-state index is 11.4. The van der Waals surface area contributed by atoms with Gasteiger partial charge in [0.15, 0.2) is 0 Å². The summed E-state index contributed by atoms with van der Waals surface area (Å²) in [7, 11) is 0. The standard InChI is InChI=1S/C11H21BrN2O3/c1-10(2,3)17-9(16)14-7-6-13-8(15)11(4,5)12/h6-7H2,1-5H3,(H,13,15)(H,14,16). The zero-order valence-electron chi connectivity index (χ0n) is 11.0. The Balaban J connectivity index is 3.73. The van der Waals surface area contributed by atoms with E-state index in [0.717, 1.165) is 0 Å². The Hall–Kier alpha value is -0.780. The summed E-state index contributed by atoms with van der Waals surface area (Å²) < 4.78 is 4.44. The topological polar surface area (TPSA) is 67.4 Å². The fourth-order valence-electron chi connectivity index (χ4n) is 0.865. The molecular weight excluding hydrogens is 288 g/mol. The van der Waals surface area contributed by atoms with Gasteiger partial charge in [0.1, 0.15) is 5.60 Å². The molecule has 0 aliphatic rings. The monoisotopic (exact) mass is 308 g/mol. The smallest absolute Gasteiger partial charge is 0.407 e. The van der Waals surface area contributed by atoms with Gasteiger partial charge < -0.3 is 15.4 Å². The van der Waals surface area contributed by atoms with Crippen molar-refractivity contribution in [3.8, 4) is 0 Å². The number of halogens is 1. The van der Waals surface area contributed by atoms with Crippen molar-refractivity contribution in [2.75, 3.05) is 13.1 Å². The third-order valence-corrected chi connectivity index (χ3v) is 1.98. The lowest BCUT2D eigenvalue weighted by atomic mass is 10.2. The summed E-state index contributed by atoms with van der Waals surface area (Å²) in [5, 5.41) is 5.24. The first-order valence-corrected chi connectivity index (χ1v) is 6.26. The lowest BCUT2D eigenvalue weighted by molar-refractivity contribution is -0.122. The summed E-state index contributed by atoms with van der Waals surface area (Å²) in [5.41, 5.74) is -0.509. The Morgan fingerprint density at radius 3 is 1.94 bits per heavy atom. The summed E-state index contributed by atoms with van der Waals surface area (Å²) >= 11 is 3.24. The van der Waals surface area contributed by atoms with Gasteiger partial charge in [0, 0.05) is 13.1 Å². The van der Waals surface area contributed by atoms with E-state index in [-0.39, 0.29) is 5.91 Å². The summed E-state index contributed by atoms with van der Waals surface area (Å²) in [6, 6.07) is 0. The maximum Gasteiger partial charge on any atom is 0.407 e. The van der Waals surface area contributed by atoms with Gasteiger partial charge in [0.25, 0.3) is 0 Å². The Kier molecular flexibility index (Phi) is 5.95. The number of alkyl carbamates (subject to hydrolysis) is 1. The SMILES string of the molecule is CC(C)(C)OC(=O)NCCNC(=O)C(C)(C)Br. The van der Waals surface area contributed by atoms with Gasteiger partial charge in [-0.2, -0.15) is 0 Å². The average molecular weight is 309 g/mol. The zero-order chi connectivity index (χ0) is 13.7. The van der Waals surface area contributed by atoms with Gasteiger partial charge >= 0.3 is 6.09 Å². The second-order valence-corrected chi connectivity index (χ2v) is 7.14. The maximum atomic E-state index is 11.4. The molecule has 0 aliphatic carbocycles. The number of alkyl halides is 1. The second-order valence-electron chi connectivity index (χ2n) is 5.16. The van der Waals surface area contributed by atoms with E-state index in [1.54, 1.807) is 34.6 Å². The number of carbonyl (C=O) groups is 2. The van der Waals surface area contributed by atoms with Crippen LogP contribution in [0.25, 0.3) is 0 Å². The normalized spacial score (nSPS) is 11.9. The fraction of sp³-hybridized carbons (Fsp3) is 0.818. The van der Waals surface area contributed by atoms with Crippen LogP contribution in [0.3, 0.4) is 0 Å². The third-order valence-electron chi connectivity index (χ3n) is 1.62. The molecule has 0 saturated carbocycles. The van der Waals surface area contributed by atoms with Gasteiger partial charge in [0.05, 0.1) is 4.32 Å². The summed E-state index contributed by atoms with van der Waals surface area (Å²) in [4.78, 5) is 22.7. The molecule has 2 N–H and O–H groups in total. The molecule has 0 spiro atoms. The molecule has 0 unspecified atom stereocenters. The van der Waals surface area contributed by atoms with Crippen LogP contribution in [0.15, 0.2) is 0 Å². The second kappa shape index (κ2) is 6.23. The van der Waals surface area contributed by atoms with Gasteiger partial charge in [-0.25, -0.2) is 4.79 Å². The lowest BCUT2D eigenvalue weighted by Gasteiger charge is -2.20. The molecule has 2 amide bonds. The van der Waals surface area contributed by atoms with Gasteiger partial charge in [-0.15, -0.1) is 0 Å². The fourth-order valence-corrected chi connectivity index (χ4v) is 1.01. The molecule has 100 valence electrons. The van der Waals surface area contributed by atoms with E-state index in [9.17, 15) is 9.59 Å². The molecule has 0 radical (unpaired) electrons. The van der Waals surface area contributed by atoms with E-state index in [4.69, 9.17) is 4.74 Å². The van der Waals surface area contributed by atoms with Crippen molar-refractivity contribution in [3.63, 3.8) is 0 Å². The van der Waals surface area contributed by atoms with Crippen LogP contribution in [-0.2, 0) is 9.53 Å². The van der Waals surface area contributed by atoms with Crippen LogP contribution in [-0.4, -0.2) is 35.0 Å². The van der Waals surface area contributed by atoms with Gasteiger partial charge in [-0.1, -0.05) is 15.9 Å². The Labute approximate surface area is 111 Å². The molecule has 0 aromatic rings. The van der Waals surface area contributed by atoms with Gasteiger partial charge in [-0.3, -0.25) is 4.79 Å². The number of rotatable bonds is 4. The minimum atomic E-state index is -0.598. The van der Waals surface area contributed by atoms with E-state index in [0.29, 0.717) is 13.1 Å². The summed E-state index contributed by atoms with van der Waals surface area (Å²) in [6.07, 6.45) is -0.482. The molecule has 0 saturated heterocycles. The molecule has 0 bridgehead atoms. The highest BCUT2D eigenvalue weighted by atomic mass is 79.9. The molecule has 0 fully saturated rings. The molecule has 0 atom stereocenters. The lowest BCUT2D eigenvalue weighted by Crippen LogP contribution is -2.42. The van der Waals surface area contributed by atoms with Crippen molar-refractivity contribution >= 4 is 27.9 Å². The summed E-state index contributed by atoms with van der Waals surface area (Å²) in [5.74, 6) is -0.122. The largest absolute Gasteiger partial charge is 0.444 e. The number of hydrogen-bond acceptors (Lipinski definition) is 3. The van der Waals surface area contributed by atoms with E-state index in [1.165, 1.54) is 0 Å². The number of ether oxygens (including phenoxy) is 1. The molecule has 0 aromatic carbocycles. The van der Waals surface area contributed by atoms with Crippen LogP contribution in [0, 0.1) is 0 Å². The van der Waals surface area contributed by atoms with E-state index in [1.807, 2.05) is 0 Å². The molecule has 5 nitrogen and oxygen atoms in total. The predicted molar refractivity (Wildman–Crippen MR) is 70.3 cm³/mol. The molecule has 0 rings (SSSR count). The number of carbonyl (C=O) groups excluding carboxylic acids is 2. The zero-order valence-corrected chi connectivity index (χ0v) is 12.6. The molecule has 0 heterocycles. The van der Waals surface area contributed by atoms with Crippen LogP contribution in [0.1, 0.15) is 34.6 Å². The van der Waals surface area contributed by atoms with Crippen molar-refractivity contribution < 1.29 is 14.3 Å². The Morgan fingerprint density at radius 2 is 1.53 bits per heavy atom. The van der Waals surface area contributed by atoms with E-state index >= 15 is 0 Å². The van der Waals surface area contributed by atoms with Crippen LogP contribution < -0.4 is 10.6 Å². The highest BCUT2D eigenvalue weighted by Gasteiger charge is 2.22. The number of hydrogen-bond donors (Lipinski definition) is 2. The Bertz CT molecular complexity index is 279. The van der Waals surface area contributed by atoms with Gasteiger partial charge in [-0.05, 0) is 34.6 Å². The quantitative estimate of drug-likeness (QED) is 0.615. The van der Waals surface area contributed by atoms with Crippen LogP contribution in [0.5, 0.6) is 0 Å². The minimum absolute atomic E-state index is 0.122. The highest BCUT2D eigenvalue weighted by molar-refractivity contribution is 9.10. The van der Waals surface area contributed by atoms with Gasteiger partial charge in [0.2, 0.25) is 5.91 Å². The number of nitrogens with one attached hydrogen (secondary N) is 2. The van der Waals surface area contributed by atoms with Crippen LogP contribution >= 0.6 is 15.9 Å². The number of amides is 2. The first-order chi connectivity index (χ1) is 7.52. The minimum Gasteiger partial charge on any atom is -0.444 e. The highest BCUT2D eigenvalue weighted by Crippen LogP contribution is 2.14.